The van der Waals surface area contributed by atoms with Gasteiger partial charge in [0.25, 0.3) is 0 Å². The molecular formula is C12H10ClF2N. The highest BCUT2D eigenvalue weighted by molar-refractivity contribution is 6.35. The van der Waals surface area contributed by atoms with Crippen LogP contribution in [0.5, 0.6) is 0 Å². The van der Waals surface area contributed by atoms with Gasteiger partial charge in [-0.1, -0.05) is 18.5 Å². The summed E-state index contributed by atoms with van der Waals surface area (Å²) in [5, 5.41) is 0.276. The van der Waals surface area contributed by atoms with Gasteiger partial charge in [0.15, 0.2) is 0 Å². The molecule has 84 valence electrons. The van der Waals surface area contributed by atoms with Crippen LogP contribution in [0.3, 0.4) is 0 Å². The van der Waals surface area contributed by atoms with E-state index in [1.807, 2.05) is 6.92 Å². The van der Waals surface area contributed by atoms with Crippen molar-refractivity contribution in [3.8, 4) is 0 Å². The van der Waals surface area contributed by atoms with E-state index in [1.54, 1.807) is 6.07 Å². The quantitative estimate of drug-likeness (QED) is 0.734. The van der Waals surface area contributed by atoms with Crippen LogP contribution in [0.25, 0.3) is 10.9 Å². The molecule has 0 radical (unpaired) electrons. The van der Waals surface area contributed by atoms with Gasteiger partial charge in [0.2, 0.25) is 0 Å². The summed E-state index contributed by atoms with van der Waals surface area (Å²) in [4.78, 5) is 4.06. The Kier molecular flexibility index (Phi) is 2.80. The fraction of sp³-hybridized carbons (Fsp3) is 0.250. The lowest BCUT2D eigenvalue weighted by Gasteiger charge is -2.07. The molecule has 0 atom stereocenters. The van der Waals surface area contributed by atoms with E-state index in [9.17, 15) is 8.78 Å². The minimum absolute atomic E-state index is 0.00690. The van der Waals surface area contributed by atoms with Crippen LogP contribution >= 0.6 is 11.6 Å². The molecule has 4 heteroatoms. The first-order chi connectivity index (χ1) is 7.54. The molecule has 2 rings (SSSR count). The van der Waals surface area contributed by atoms with Gasteiger partial charge in [-0.2, -0.15) is 0 Å². The Bertz CT molecular complexity index is 567. The summed E-state index contributed by atoms with van der Waals surface area (Å²) >= 11 is 5.94. The number of aromatic nitrogens is 1. The largest absolute Gasteiger partial charge is 0.250 e. The second kappa shape index (κ2) is 3.98. The molecule has 0 unspecified atom stereocenters. The lowest BCUT2D eigenvalue weighted by Crippen LogP contribution is -1.96. The number of hydrogen-bond donors (Lipinski definition) is 0. The van der Waals surface area contributed by atoms with Crippen molar-refractivity contribution in [2.45, 2.75) is 20.3 Å². The summed E-state index contributed by atoms with van der Waals surface area (Å²) in [7, 11) is 0. The van der Waals surface area contributed by atoms with E-state index in [1.165, 1.54) is 6.92 Å². The molecule has 2 aromatic rings. The van der Waals surface area contributed by atoms with Crippen LogP contribution in [0.2, 0.25) is 5.02 Å². The lowest BCUT2D eigenvalue weighted by molar-refractivity contribution is 0.607. The fourth-order valence-corrected chi connectivity index (χ4v) is 1.94. The van der Waals surface area contributed by atoms with Crippen molar-refractivity contribution in [3.05, 3.63) is 40.0 Å². The number of aryl methyl sites for hydroxylation is 2. The molecule has 0 saturated carbocycles. The van der Waals surface area contributed by atoms with Gasteiger partial charge in [-0.05, 0) is 31.0 Å². The van der Waals surface area contributed by atoms with Gasteiger partial charge < -0.3 is 0 Å². The third kappa shape index (κ3) is 1.65. The molecule has 0 fully saturated rings. The SMILES string of the molecule is CCc1cc(Cl)c2c(F)c(C)cc(F)c2n1. The van der Waals surface area contributed by atoms with Crippen molar-refractivity contribution in [1.82, 2.24) is 4.98 Å². The van der Waals surface area contributed by atoms with Gasteiger partial charge >= 0.3 is 0 Å². The van der Waals surface area contributed by atoms with E-state index < -0.39 is 11.6 Å². The summed E-state index contributed by atoms with van der Waals surface area (Å²) in [6.07, 6.45) is 0.630. The average molecular weight is 242 g/mol. The first-order valence-electron chi connectivity index (χ1n) is 4.98. The summed E-state index contributed by atoms with van der Waals surface area (Å²) < 4.78 is 27.4. The normalized spacial score (nSPS) is 11.1. The van der Waals surface area contributed by atoms with Crippen molar-refractivity contribution in [1.29, 1.82) is 0 Å². The van der Waals surface area contributed by atoms with E-state index in [4.69, 9.17) is 11.6 Å². The van der Waals surface area contributed by atoms with Crippen LogP contribution in [0.4, 0.5) is 8.78 Å². The summed E-state index contributed by atoms with van der Waals surface area (Å²) in [6.45, 7) is 3.38. The molecule has 0 bridgehead atoms. The molecule has 0 N–H and O–H groups in total. The van der Waals surface area contributed by atoms with Crippen LogP contribution in [0.15, 0.2) is 12.1 Å². The van der Waals surface area contributed by atoms with E-state index >= 15 is 0 Å². The van der Waals surface area contributed by atoms with Crippen molar-refractivity contribution in [2.75, 3.05) is 0 Å². The first-order valence-corrected chi connectivity index (χ1v) is 5.36. The number of rotatable bonds is 1. The predicted molar refractivity (Wildman–Crippen MR) is 60.8 cm³/mol. The van der Waals surface area contributed by atoms with Crippen molar-refractivity contribution >= 4 is 22.5 Å². The highest BCUT2D eigenvalue weighted by Gasteiger charge is 2.14. The molecule has 0 saturated heterocycles. The Balaban J connectivity index is 2.94. The second-order valence-corrected chi connectivity index (χ2v) is 4.07. The maximum absolute atomic E-state index is 13.8. The molecule has 1 aromatic carbocycles. The van der Waals surface area contributed by atoms with E-state index in [0.717, 1.165) is 6.07 Å². The summed E-state index contributed by atoms with van der Waals surface area (Å²) in [5.41, 5.74) is 0.894. The Hall–Kier alpha value is -1.22. The topological polar surface area (TPSA) is 12.9 Å². The van der Waals surface area contributed by atoms with Crippen LogP contribution < -0.4 is 0 Å². The summed E-state index contributed by atoms with van der Waals surface area (Å²) in [6, 6.07) is 2.71. The molecule has 1 nitrogen and oxygen atoms in total. The second-order valence-electron chi connectivity index (χ2n) is 3.66. The van der Waals surface area contributed by atoms with Crippen LogP contribution in [0.1, 0.15) is 18.2 Å². The Morgan fingerprint density at radius 3 is 2.62 bits per heavy atom. The number of pyridine rings is 1. The van der Waals surface area contributed by atoms with Gasteiger partial charge in [-0.15, -0.1) is 0 Å². The Morgan fingerprint density at radius 1 is 1.31 bits per heavy atom. The van der Waals surface area contributed by atoms with Crippen LogP contribution in [-0.4, -0.2) is 4.98 Å². The molecule has 1 heterocycles. The maximum atomic E-state index is 13.8. The minimum atomic E-state index is -0.536. The smallest absolute Gasteiger partial charge is 0.149 e. The molecule has 0 spiro atoms. The van der Waals surface area contributed by atoms with E-state index in [0.29, 0.717) is 12.1 Å². The number of benzene rings is 1. The number of halogens is 3. The van der Waals surface area contributed by atoms with Crippen LogP contribution in [-0.2, 0) is 6.42 Å². The molecule has 0 aliphatic heterocycles. The van der Waals surface area contributed by atoms with E-state index in [-0.39, 0.29) is 21.5 Å². The van der Waals surface area contributed by atoms with Crippen molar-refractivity contribution in [2.24, 2.45) is 0 Å². The van der Waals surface area contributed by atoms with Gasteiger partial charge in [0, 0.05) is 5.69 Å². The number of hydrogen-bond acceptors (Lipinski definition) is 1. The third-order valence-corrected chi connectivity index (χ3v) is 2.82. The fourth-order valence-electron chi connectivity index (χ4n) is 1.65. The zero-order valence-electron chi connectivity index (χ0n) is 8.94. The first kappa shape index (κ1) is 11.3. The molecule has 0 amide bonds. The highest BCUT2D eigenvalue weighted by Crippen LogP contribution is 2.29. The standard InChI is InChI=1S/C12H10ClF2N/c1-3-7-5-8(13)10-11(15)6(2)4-9(14)12(10)16-7/h4-5H,3H2,1-2H3. The maximum Gasteiger partial charge on any atom is 0.149 e. The van der Waals surface area contributed by atoms with Crippen molar-refractivity contribution < 1.29 is 8.78 Å². The Labute approximate surface area is 97.1 Å². The summed E-state index contributed by atoms with van der Waals surface area (Å²) in [5.74, 6) is -1.04. The minimum Gasteiger partial charge on any atom is -0.250 e. The van der Waals surface area contributed by atoms with Gasteiger partial charge in [0.05, 0.1) is 10.4 Å². The molecule has 0 aliphatic carbocycles. The predicted octanol–water partition coefficient (Wildman–Crippen LogP) is 4.04. The highest BCUT2D eigenvalue weighted by atomic mass is 35.5. The zero-order chi connectivity index (χ0) is 11.9. The van der Waals surface area contributed by atoms with Gasteiger partial charge in [-0.3, -0.25) is 0 Å². The number of nitrogens with zero attached hydrogens (tertiary/aromatic N) is 1. The molecule has 1 aromatic heterocycles. The zero-order valence-corrected chi connectivity index (χ0v) is 9.70. The molecule has 16 heavy (non-hydrogen) atoms. The van der Waals surface area contributed by atoms with Crippen molar-refractivity contribution in [3.63, 3.8) is 0 Å². The van der Waals surface area contributed by atoms with Crippen LogP contribution in [0, 0.1) is 18.6 Å². The monoisotopic (exact) mass is 241 g/mol. The van der Waals surface area contributed by atoms with Gasteiger partial charge in [-0.25, -0.2) is 13.8 Å². The third-order valence-electron chi connectivity index (χ3n) is 2.52. The average Bonchev–Trinajstić information content (AvgIpc) is 2.25. The van der Waals surface area contributed by atoms with E-state index in [2.05, 4.69) is 4.98 Å². The lowest BCUT2D eigenvalue weighted by atomic mass is 10.1. The van der Waals surface area contributed by atoms with Gasteiger partial charge in [0.1, 0.15) is 17.2 Å². The number of fused-ring (bicyclic) bond motifs is 1. The molecular weight excluding hydrogens is 232 g/mol. The molecule has 0 aliphatic rings. The Morgan fingerprint density at radius 2 is 2.00 bits per heavy atom.